The fourth-order valence-electron chi connectivity index (χ4n) is 2.56. The van der Waals surface area contributed by atoms with E-state index in [0.717, 1.165) is 27.6 Å². The first-order valence-electron chi connectivity index (χ1n) is 6.80. The number of hydrogen-bond acceptors (Lipinski definition) is 1. The third-order valence-electron chi connectivity index (χ3n) is 3.65. The first-order chi connectivity index (χ1) is 9.81. The van der Waals surface area contributed by atoms with Gasteiger partial charge in [0.05, 0.1) is 12.4 Å². The van der Waals surface area contributed by atoms with Crippen molar-refractivity contribution in [2.24, 2.45) is 0 Å². The van der Waals surface area contributed by atoms with Gasteiger partial charge < -0.3 is 0 Å². The highest BCUT2D eigenvalue weighted by Crippen LogP contribution is 2.32. The first kappa shape index (κ1) is 12.8. The van der Waals surface area contributed by atoms with Crippen molar-refractivity contribution in [2.45, 2.75) is 12.8 Å². The fraction of sp³-hybridized carbons (Fsp3) is 0.167. The number of fused-ring (bicyclic) bond motifs is 1. The molecule has 0 aliphatic rings. The van der Waals surface area contributed by atoms with Crippen molar-refractivity contribution in [1.82, 2.24) is 4.98 Å². The van der Waals surface area contributed by atoms with Gasteiger partial charge in [-0.2, -0.15) is 0 Å². The van der Waals surface area contributed by atoms with E-state index in [4.69, 9.17) is 0 Å². The molecule has 1 heterocycles. The molecule has 0 N–H and O–H groups in total. The molecule has 0 saturated carbocycles. The van der Waals surface area contributed by atoms with Crippen LogP contribution in [0.25, 0.3) is 22.0 Å². The van der Waals surface area contributed by atoms with Crippen molar-refractivity contribution in [2.75, 3.05) is 6.67 Å². The Labute approximate surface area is 118 Å². The van der Waals surface area contributed by atoms with Crippen LogP contribution in [0.15, 0.2) is 60.8 Å². The molecule has 3 aromatic rings. The summed E-state index contributed by atoms with van der Waals surface area (Å²) >= 11 is 0. The van der Waals surface area contributed by atoms with Gasteiger partial charge in [0, 0.05) is 23.1 Å². The Balaban J connectivity index is 2.26. The van der Waals surface area contributed by atoms with Crippen LogP contribution < -0.4 is 0 Å². The molecule has 20 heavy (non-hydrogen) atoms. The van der Waals surface area contributed by atoms with Gasteiger partial charge in [-0.05, 0) is 17.0 Å². The highest BCUT2D eigenvalue weighted by Gasteiger charge is 2.14. The SMILES string of the molecule is CC(CF)c1ccccc1-c1nccc2ccccc12. The molecule has 0 saturated heterocycles. The smallest absolute Gasteiger partial charge is 0.0960 e. The molecule has 1 aromatic heterocycles. The molecule has 0 bridgehead atoms. The lowest BCUT2D eigenvalue weighted by atomic mass is 9.93. The van der Waals surface area contributed by atoms with Crippen molar-refractivity contribution < 1.29 is 4.39 Å². The lowest BCUT2D eigenvalue weighted by molar-refractivity contribution is 0.447. The average molecular weight is 265 g/mol. The first-order valence-corrected chi connectivity index (χ1v) is 6.80. The van der Waals surface area contributed by atoms with Crippen molar-refractivity contribution in [3.63, 3.8) is 0 Å². The summed E-state index contributed by atoms with van der Waals surface area (Å²) in [5, 5.41) is 2.26. The van der Waals surface area contributed by atoms with Crippen LogP contribution in [0.5, 0.6) is 0 Å². The lowest BCUT2D eigenvalue weighted by Crippen LogP contribution is -1.99. The van der Waals surface area contributed by atoms with E-state index in [1.807, 2.05) is 55.6 Å². The number of pyridine rings is 1. The van der Waals surface area contributed by atoms with Crippen LogP contribution in [-0.2, 0) is 0 Å². The van der Waals surface area contributed by atoms with E-state index in [-0.39, 0.29) is 12.6 Å². The minimum absolute atomic E-state index is 0.119. The van der Waals surface area contributed by atoms with E-state index in [1.54, 1.807) is 0 Å². The minimum Gasteiger partial charge on any atom is -0.256 e. The van der Waals surface area contributed by atoms with E-state index < -0.39 is 0 Å². The van der Waals surface area contributed by atoms with E-state index in [2.05, 4.69) is 17.1 Å². The maximum Gasteiger partial charge on any atom is 0.0960 e. The van der Waals surface area contributed by atoms with E-state index in [0.29, 0.717) is 0 Å². The summed E-state index contributed by atoms with van der Waals surface area (Å²) in [6.45, 7) is 1.55. The average Bonchev–Trinajstić information content (AvgIpc) is 2.53. The monoisotopic (exact) mass is 265 g/mol. The summed E-state index contributed by atoms with van der Waals surface area (Å²) in [6, 6.07) is 18.1. The van der Waals surface area contributed by atoms with Crippen molar-refractivity contribution in [3.05, 3.63) is 66.4 Å². The van der Waals surface area contributed by atoms with Gasteiger partial charge in [-0.3, -0.25) is 9.37 Å². The van der Waals surface area contributed by atoms with E-state index >= 15 is 0 Å². The summed E-state index contributed by atoms with van der Waals surface area (Å²) in [5.41, 5.74) is 2.97. The third-order valence-corrected chi connectivity index (χ3v) is 3.65. The summed E-state index contributed by atoms with van der Waals surface area (Å²) in [7, 11) is 0. The maximum absolute atomic E-state index is 13.1. The zero-order valence-corrected chi connectivity index (χ0v) is 11.4. The molecule has 100 valence electrons. The van der Waals surface area contributed by atoms with E-state index in [1.165, 1.54) is 0 Å². The molecule has 0 fully saturated rings. The number of halogens is 1. The van der Waals surface area contributed by atoms with Crippen LogP contribution in [0.2, 0.25) is 0 Å². The van der Waals surface area contributed by atoms with Crippen LogP contribution in [0.1, 0.15) is 18.4 Å². The number of hydrogen-bond donors (Lipinski definition) is 0. The summed E-state index contributed by atoms with van der Waals surface area (Å²) in [6.07, 6.45) is 1.81. The Morgan fingerprint density at radius 3 is 2.60 bits per heavy atom. The van der Waals surface area contributed by atoms with Crippen molar-refractivity contribution >= 4 is 10.8 Å². The van der Waals surface area contributed by atoms with Gasteiger partial charge in [0.25, 0.3) is 0 Å². The quantitative estimate of drug-likeness (QED) is 0.651. The van der Waals surface area contributed by atoms with Crippen LogP contribution in [0.4, 0.5) is 4.39 Å². The molecule has 0 spiro atoms. The highest BCUT2D eigenvalue weighted by molar-refractivity contribution is 5.95. The molecule has 0 amide bonds. The normalized spacial score (nSPS) is 12.5. The number of benzene rings is 2. The number of alkyl halides is 1. The lowest BCUT2D eigenvalue weighted by Gasteiger charge is -2.14. The van der Waals surface area contributed by atoms with Crippen LogP contribution in [-0.4, -0.2) is 11.7 Å². The van der Waals surface area contributed by atoms with Gasteiger partial charge in [-0.1, -0.05) is 55.5 Å². The van der Waals surface area contributed by atoms with Gasteiger partial charge >= 0.3 is 0 Å². The van der Waals surface area contributed by atoms with Crippen molar-refractivity contribution in [1.29, 1.82) is 0 Å². The van der Waals surface area contributed by atoms with Gasteiger partial charge in [-0.15, -0.1) is 0 Å². The van der Waals surface area contributed by atoms with Gasteiger partial charge in [0.2, 0.25) is 0 Å². The second-order valence-electron chi connectivity index (χ2n) is 5.02. The predicted molar refractivity (Wildman–Crippen MR) is 81.6 cm³/mol. The Morgan fingerprint density at radius 2 is 1.75 bits per heavy atom. The summed E-state index contributed by atoms with van der Waals surface area (Å²) < 4.78 is 13.1. The highest BCUT2D eigenvalue weighted by atomic mass is 19.1. The molecular weight excluding hydrogens is 249 g/mol. The molecule has 2 heteroatoms. The number of aromatic nitrogens is 1. The standard InChI is InChI=1S/C18H16FN/c1-13(12-19)15-7-4-5-9-17(15)18-16-8-3-2-6-14(16)10-11-20-18/h2-11,13H,12H2,1H3. The Kier molecular flexibility index (Phi) is 3.46. The second kappa shape index (κ2) is 5.41. The maximum atomic E-state index is 13.1. The number of rotatable bonds is 3. The van der Waals surface area contributed by atoms with Crippen LogP contribution in [0.3, 0.4) is 0 Å². The van der Waals surface area contributed by atoms with Crippen molar-refractivity contribution in [3.8, 4) is 11.3 Å². The largest absolute Gasteiger partial charge is 0.256 e. The van der Waals surface area contributed by atoms with Crippen LogP contribution in [0, 0.1) is 0 Å². The molecule has 1 nitrogen and oxygen atoms in total. The molecule has 1 unspecified atom stereocenters. The molecule has 0 aliphatic carbocycles. The van der Waals surface area contributed by atoms with Gasteiger partial charge in [0.15, 0.2) is 0 Å². The van der Waals surface area contributed by atoms with Crippen LogP contribution >= 0.6 is 0 Å². The summed E-state index contributed by atoms with van der Waals surface area (Å²) in [4.78, 5) is 4.53. The predicted octanol–water partition coefficient (Wildman–Crippen LogP) is 4.97. The molecule has 1 atom stereocenters. The molecule has 0 radical (unpaired) electrons. The van der Waals surface area contributed by atoms with E-state index in [9.17, 15) is 4.39 Å². The topological polar surface area (TPSA) is 12.9 Å². The molecule has 2 aromatic carbocycles. The fourth-order valence-corrected chi connectivity index (χ4v) is 2.56. The zero-order chi connectivity index (χ0) is 13.9. The number of nitrogens with zero attached hydrogens (tertiary/aromatic N) is 1. The molecular formula is C18H16FN. The summed E-state index contributed by atoms with van der Waals surface area (Å²) in [5.74, 6) is -0.119. The minimum atomic E-state index is -0.359. The second-order valence-corrected chi connectivity index (χ2v) is 5.02. The van der Waals surface area contributed by atoms with Gasteiger partial charge in [0.1, 0.15) is 0 Å². The van der Waals surface area contributed by atoms with Gasteiger partial charge in [-0.25, -0.2) is 0 Å². The molecule has 3 rings (SSSR count). The Hall–Kier alpha value is -2.22. The zero-order valence-electron chi connectivity index (χ0n) is 11.4. The Bertz CT molecular complexity index is 731. The molecule has 0 aliphatic heterocycles. The Morgan fingerprint density at radius 1 is 1.00 bits per heavy atom. The third kappa shape index (κ3) is 2.18.